The summed E-state index contributed by atoms with van der Waals surface area (Å²) < 4.78 is 38.7. The molecule has 66 valence electrons. The van der Waals surface area contributed by atoms with Gasteiger partial charge in [-0.15, -0.1) is 0 Å². The molecule has 0 saturated heterocycles. The zero-order valence-corrected chi connectivity index (χ0v) is 6.52. The molecule has 0 unspecified atom stereocenters. The summed E-state index contributed by atoms with van der Waals surface area (Å²) in [5.41, 5.74) is 0. The number of hydrogen-bond acceptors (Lipinski definition) is 0. The van der Waals surface area contributed by atoms with Crippen LogP contribution in [-0.2, 0) is 0 Å². The Hall–Kier alpha value is -1.51. The Morgan fingerprint density at radius 3 is 2.23 bits per heavy atom. The summed E-state index contributed by atoms with van der Waals surface area (Å²) in [5, 5.41) is 0.0707. The van der Waals surface area contributed by atoms with Crippen molar-refractivity contribution < 1.29 is 13.2 Å². The fourth-order valence-electron chi connectivity index (χ4n) is 1.26. The van der Waals surface area contributed by atoms with E-state index in [0.29, 0.717) is 0 Å². The van der Waals surface area contributed by atoms with Crippen molar-refractivity contribution in [1.29, 1.82) is 0 Å². The highest BCUT2D eigenvalue weighted by Gasteiger charge is 2.08. The second kappa shape index (κ2) is 2.76. The molecule has 0 radical (unpaired) electrons. The van der Waals surface area contributed by atoms with E-state index in [1.807, 2.05) is 0 Å². The molecule has 0 aliphatic rings. The van der Waals surface area contributed by atoms with Crippen molar-refractivity contribution in [3.63, 3.8) is 0 Å². The molecule has 0 aliphatic carbocycles. The van der Waals surface area contributed by atoms with Crippen molar-refractivity contribution in [3.05, 3.63) is 47.8 Å². The minimum absolute atomic E-state index is 0.0278. The lowest BCUT2D eigenvalue weighted by Crippen LogP contribution is -1.87. The first-order valence-corrected chi connectivity index (χ1v) is 3.72. The van der Waals surface area contributed by atoms with E-state index in [1.165, 1.54) is 24.3 Å². The summed E-state index contributed by atoms with van der Waals surface area (Å²) in [6, 6.07) is 6.04. The molecular formula is C10H5F3. The third-order valence-corrected chi connectivity index (χ3v) is 1.90. The Labute approximate surface area is 72.6 Å². The first-order chi connectivity index (χ1) is 6.20. The van der Waals surface area contributed by atoms with E-state index in [4.69, 9.17) is 0 Å². The normalized spacial score (nSPS) is 10.7. The molecule has 2 rings (SSSR count). The van der Waals surface area contributed by atoms with Crippen LogP contribution in [0, 0.1) is 17.5 Å². The quantitative estimate of drug-likeness (QED) is 0.586. The second-order valence-corrected chi connectivity index (χ2v) is 2.70. The molecule has 0 saturated carbocycles. The highest BCUT2D eigenvalue weighted by atomic mass is 19.2. The molecule has 0 aromatic heterocycles. The lowest BCUT2D eigenvalue weighted by molar-refractivity contribution is 0.516. The maximum absolute atomic E-state index is 13.0. The van der Waals surface area contributed by atoms with Gasteiger partial charge in [0.2, 0.25) is 0 Å². The Bertz CT molecular complexity index is 463. The lowest BCUT2D eigenvalue weighted by Gasteiger charge is -2.00. The van der Waals surface area contributed by atoms with E-state index < -0.39 is 17.5 Å². The van der Waals surface area contributed by atoms with Gasteiger partial charge in [0, 0.05) is 10.8 Å². The third kappa shape index (κ3) is 1.16. The highest BCUT2D eigenvalue weighted by molar-refractivity contribution is 5.83. The van der Waals surface area contributed by atoms with Gasteiger partial charge in [0.05, 0.1) is 0 Å². The summed E-state index contributed by atoms with van der Waals surface area (Å²) in [7, 11) is 0. The van der Waals surface area contributed by atoms with Crippen LogP contribution in [0.1, 0.15) is 0 Å². The molecule has 0 fully saturated rings. The highest BCUT2D eigenvalue weighted by Crippen LogP contribution is 2.22. The largest absolute Gasteiger partial charge is 0.206 e. The lowest BCUT2D eigenvalue weighted by atomic mass is 10.1. The Kier molecular flexibility index (Phi) is 1.72. The maximum Gasteiger partial charge on any atom is 0.166 e. The maximum atomic E-state index is 13.0. The predicted octanol–water partition coefficient (Wildman–Crippen LogP) is 3.26. The van der Waals surface area contributed by atoms with Crippen LogP contribution in [0.3, 0.4) is 0 Å². The number of halogens is 3. The van der Waals surface area contributed by atoms with Crippen molar-refractivity contribution in [3.8, 4) is 0 Å². The summed E-state index contributed by atoms with van der Waals surface area (Å²) >= 11 is 0. The van der Waals surface area contributed by atoms with E-state index >= 15 is 0 Å². The third-order valence-electron chi connectivity index (χ3n) is 1.90. The fraction of sp³-hybridized carbons (Fsp3) is 0. The average molecular weight is 182 g/mol. The monoisotopic (exact) mass is 182 g/mol. The van der Waals surface area contributed by atoms with Crippen LogP contribution < -0.4 is 0 Å². The molecule has 2 aromatic carbocycles. The van der Waals surface area contributed by atoms with Gasteiger partial charge >= 0.3 is 0 Å². The van der Waals surface area contributed by atoms with Crippen molar-refractivity contribution in [2.45, 2.75) is 0 Å². The van der Waals surface area contributed by atoms with Crippen LogP contribution >= 0.6 is 0 Å². The molecule has 0 bridgehead atoms. The summed E-state index contributed by atoms with van der Waals surface area (Å²) in [6.45, 7) is 0. The minimum Gasteiger partial charge on any atom is -0.206 e. The fourth-order valence-corrected chi connectivity index (χ4v) is 1.26. The van der Waals surface area contributed by atoms with Crippen molar-refractivity contribution in [2.24, 2.45) is 0 Å². The van der Waals surface area contributed by atoms with E-state index in [1.54, 1.807) is 0 Å². The summed E-state index contributed by atoms with van der Waals surface area (Å²) in [6.07, 6.45) is 0. The molecule has 3 heteroatoms. The van der Waals surface area contributed by atoms with Gasteiger partial charge in [0.25, 0.3) is 0 Å². The van der Waals surface area contributed by atoms with Crippen LogP contribution in [0.15, 0.2) is 30.3 Å². The number of hydrogen-bond donors (Lipinski definition) is 0. The number of rotatable bonds is 0. The van der Waals surface area contributed by atoms with E-state index in [0.717, 1.165) is 6.07 Å². The topological polar surface area (TPSA) is 0 Å². The molecular weight excluding hydrogens is 177 g/mol. The molecule has 0 amide bonds. The van der Waals surface area contributed by atoms with E-state index in [2.05, 4.69) is 0 Å². The molecule has 0 atom stereocenters. The average Bonchev–Trinajstić information content (AvgIpc) is 2.12. The molecule has 0 spiro atoms. The molecule has 0 aliphatic heterocycles. The van der Waals surface area contributed by atoms with Gasteiger partial charge in [-0.05, 0) is 18.2 Å². The molecule has 2 aromatic rings. The molecule has 0 nitrogen and oxygen atoms in total. The van der Waals surface area contributed by atoms with Gasteiger partial charge in [-0.1, -0.05) is 12.1 Å². The molecule has 0 heterocycles. The Morgan fingerprint density at radius 1 is 0.692 bits per heavy atom. The number of fused-ring (bicyclic) bond motifs is 1. The SMILES string of the molecule is Fc1ccc2c(F)cccc2c1F. The standard InChI is InChI=1S/C10H5F3/c11-8-3-1-2-7-6(8)4-5-9(12)10(7)13/h1-5H. The minimum atomic E-state index is -1.00. The van der Waals surface area contributed by atoms with Crippen molar-refractivity contribution in [2.75, 3.05) is 0 Å². The zero-order chi connectivity index (χ0) is 9.42. The second-order valence-electron chi connectivity index (χ2n) is 2.70. The Morgan fingerprint density at radius 2 is 1.46 bits per heavy atom. The first-order valence-electron chi connectivity index (χ1n) is 3.72. The Balaban J connectivity index is 2.94. The van der Waals surface area contributed by atoms with Crippen LogP contribution in [0.2, 0.25) is 0 Å². The van der Waals surface area contributed by atoms with Crippen LogP contribution in [0.5, 0.6) is 0 Å². The van der Waals surface area contributed by atoms with Gasteiger partial charge < -0.3 is 0 Å². The van der Waals surface area contributed by atoms with Crippen molar-refractivity contribution >= 4 is 10.8 Å². The van der Waals surface area contributed by atoms with Crippen LogP contribution in [-0.4, -0.2) is 0 Å². The van der Waals surface area contributed by atoms with Crippen LogP contribution in [0.4, 0.5) is 13.2 Å². The van der Waals surface area contributed by atoms with Gasteiger partial charge in [0.15, 0.2) is 11.6 Å². The molecule has 13 heavy (non-hydrogen) atoms. The zero-order valence-electron chi connectivity index (χ0n) is 6.52. The van der Waals surface area contributed by atoms with E-state index in [-0.39, 0.29) is 10.8 Å². The molecule has 0 N–H and O–H groups in total. The first kappa shape index (κ1) is 8.10. The summed E-state index contributed by atoms with van der Waals surface area (Å²) in [5.74, 6) is -2.51. The smallest absolute Gasteiger partial charge is 0.166 e. The van der Waals surface area contributed by atoms with Crippen molar-refractivity contribution in [1.82, 2.24) is 0 Å². The predicted molar refractivity (Wildman–Crippen MR) is 43.8 cm³/mol. The van der Waals surface area contributed by atoms with E-state index in [9.17, 15) is 13.2 Å². The van der Waals surface area contributed by atoms with Gasteiger partial charge in [-0.3, -0.25) is 0 Å². The summed E-state index contributed by atoms with van der Waals surface area (Å²) in [4.78, 5) is 0. The van der Waals surface area contributed by atoms with Gasteiger partial charge in [0.1, 0.15) is 5.82 Å². The van der Waals surface area contributed by atoms with Gasteiger partial charge in [-0.25, -0.2) is 13.2 Å². The van der Waals surface area contributed by atoms with Crippen LogP contribution in [0.25, 0.3) is 10.8 Å². The number of benzene rings is 2. The van der Waals surface area contributed by atoms with Gasteiger partial charge in [-0.2, -0.15) is 0 Å².